The Balaban J connectivity index is 1.67. The predicted octanol–water partition coefficient (Wildman–Crippen LogP) is 3.52. The van der Waals surface area contributed by atoms with Crippen LogP contribution in [-0.4, -0.2) is 46.3 Å². The van der Waals surface area contributed by atoms with Gasteiger partial charge in [0.05, 0.1) is 18.4 Å². The maximum Gasteiger partial charge on any atom is 0.494 e. The van der Waals surface area contributed by atoms with Crippen molar-refractivity contribution in [2.75, 3.05) is 5.32 Å². The maximum atomic E-state index is 15.6. The number of rotatable bonds is 5. The van der Waals surface area contributed by atoms with Crippen LogP contribution >= 0.6 is 0 Å². The summed E-state index contributed by atoms with van der Waals surface area (Å²) in [6, 6.07) is 1.86. The third kappa shape index (κ3) is 3.64. The van der Waals surface area contributed by atoms with Crippen LogP contribution in [-0.2, 0) is 20.9 Å². The minimum absolute atomic E-state index is 0.0132. The molecule has 9 atom stereocenters. The zero-order valence-corrected chi connectivity index (χ0v) is 22.7. The van der Waals surface area contributed by atoms with Crippen LogP contribution < -0.4 is 10.8 Å². The van der Waals surface area contributed by atoms with E-state index in [1.807, 2.05) is 20.8 Å². The largest absolute Gasteiger partial charge is 0.494 e. The Labute approximate surface area is 224 Å². The molecule has 1 aromatic rings. The predicted molar refractivity (Wildman–Crippen MR) is 142 cm³/mol. The number of anilines is 1. The van der Waals surface area contributed by atoms with Crippen molar-refractivity contribution in [3.63, 3.8) is 0 Å². The molecule has 4 aliphatic rings. The van der Waals surface area contributed by atoms with Crippen molar-refractivity contribution < 1.29 is 33.9 Å². The first-order chi connectivity index (χ1) is 17.8. The van der Waals surface area contributed by atoms with Crippen molar-refractivity contribution in [2.24, 2.45) is 39.9 Å². The van der Waals surface area contributed by atoms with E-state index in [0.717, 1.165) is 12.8 Å². The molecule has 0 radical (unpaired) electrons. The number of carbonyl (C=O) groups is 2. The quantitative estimate of drug-likeness (QED) is 0.342. The van der Waals surface area contributed by atoms with Gasteiger partial charge in [-0.05, 0) is 65.9 Å². The van der Waals surface area contributed by atoms with E-state index in [4.69, 9.17) is 4.65 Å². The number of ketones is 1. The smallest absolute Gasteiger partial charge is 0.480 e. The van der Waals surface area contributed by atoms with Crippen molar-refractivity contribution in [2.45, 2.75) is 78.6 Å². The van der Waals surface area contributed by atoms with Gasteiger partial charge in [-0.2, -0.15) is 0 Å². The summed E-state index contributed by atoms with van der Waals surface area (Å²) in [5.41, 5.74) is -1.46. The summed E-state index contributed by atoms with van der Waals surface area (Å²) in [7, 11) is -1.41. The number of carboxylic acid groups (broad SMARTS) is 1. The number of aliphatic hydroxyl groups is 1. The first kappa shape index (κ1) is 27.3. The number of fused-ring (bicyclic) bond motifs is 1. The lowest BCUT2D eigenvalue weighted by Gasteiger charge is -2.63. The van der Waals surface area contributed by atoms with Gasteiger partial charge >= 0.3 is 13.1 Å². The van der Waals surface area contributed by atoms with E-state index in [9.17, 15) is 24.8 Å². The van der Waals surface area contributed by atoms with Gasteiger partial charge in [0.1, 0.15) is 17.6 Å². The van der Waals surface area contributed by atoms with Crippen LogP contribution in [0.25, 0.3) is 0 Å². The third-order valence-corrected chi connectivity index (χ3v) is 11.3. The summed E-state index contributed by atoms with van der Waals surface area (Å²) in [5.74, 6) is -2.91. The second-order valence-corrected chi connectivity index (χ2v) is 12.8. The van der Waals surface area contributed by atoms with Gasteiger partial charge in [-0.3, -0.25) is 4.79 Å². The van der Waals surface area contributed by atoms with Gasteiger partial charge in [-0.15, -0.1) is 6.58 Å². The lowest BCUT2D eigenvalue weighted by atomic mass is 9.41. The molecule has 3 saturated carbocycles. The van der Waals surface area contributed by atoms with E-state index in [-0.39, 0.29) is 41.8 Å². The zero-order valence-electron chi connectivity index (χ0n) is 22.7. The molecule has 1 aliphatic heterocycles. The number of nitrogens with one attached hydrogen (secondary N) is 1. The Hall–Kier alpha value is -2.23. The number of hydrogen-bond donors (Lipinski definition) is 4. The van der Waals surface area contributed by atoms with Crippen LogP contribution in [0.15, 0.2) is 24.8 Å². The monoisotopic (exact) mass is 527 g/mol. The van der Waals surface area contributed by atoms with Crippen LogP contribution in [0.3, 0.4) is 0 Å². The fourth-order valence-electron chi connectivity index (χ4n) is 8.85. The highest BCUT2D eigenvalue weighted by Gasteiger charge is 2.68. The maximum absolute atomic E-state index is 15.6. The van der Waals surface area contributed by atoms with Crippen LogP contribution in [0, 0.1) is 45.7 Å². The molecule has 5 rings (SSSR count). The normalized spacial score (nSPS) is 41.1. The van der Waals surface area contributed by atoms with Crippen molar-refractivity contribution in [3.05, 3.63) is 36.2 Å². The SMILES string of the molecule is C=C[C@]1(C)C[C@@H](C(Nc2ccc3c(c2F)B(O)OC3)C(=O)O)[C@@]2(C)[C@H](C)CC[C@]3(CCC(=O)[C@H]32)[C@@H](C)[C@@H]1O. The van der Waals surface area contributed by atoms with Crippen LogP contribution in [0.4, 0.5) is 10.1 Å². The second-order valence-electron chi connectivity index (χ2n) is 12.8. The van der Waals surface area contributed by atoms with Crippen molar-refractivity contribution >= 4 is 30.0 Å². The Morgan fingerprint density at radius 3 is 2.68 bits per heavy atom. The summed E-state index contributed by atoms with van der Waals surface area (Å²) >= 11 is 0. The highest BCUT2D eigenvalue weighted by atomic mass is 19.1. The van der Waals surface area contributed by atoms with Crippen molar-refractivity contribution in [3.8, 4) is 0 Å². The van der Waals surface area contributed by atoms with Crippen LogP contribution in [0.5, 0.6) is 0 Å². The summed E-state index contributed by atoms with van der Waals surface area (Å²) in [6.45, 7) is 12.2. The highest BCUT2D eigenvalue weighted by molar-refractivity contribution is 6.61. The zero-order chi connectivity index (χ0) is 27.8. The van der Waals surface area contributed by atoms with Gasteiger partial charge in [-0.25, -0.2) is 9.18 Å². The van der Waals surface area contributed by atoms with E-state index < -0.39 is 59.1 Å². The van der Waals surface area contributed by atoms with E-state index >= 15 is 4.39 Å². The van der Waals surface area contributed by atoms with E-state index in [0.29, 0.717) is 18.4 Å². The van der Waals surface area contributed by atoms with Gasteiger partial charge in [0, 0.05) is 23.2 Å². The Bertz CT molecular complexity index is 1180. The number of Topliss-reactive ketones (excluding diaryl/α,β-unsaturated/α-hetero) is 1. The van der Waals surface area contributed by atoms with E-state index in [1.54, 1.807) is 12.1 Å². The van der Waals surface area contributed by atoms with Gasteiger partial charge < -0.3 is 25.2 Å². The molecule has 0 aromatic heterocycles. The topological polar surface area (TPSA) is 116 Å². The molecular formula is C29H39BFNO6. The molecular weight excluding hydrogens is 488 g/mol. The second kappa shape index (κ2) is 9.17. The molecule has 38 heavy (non-hydrogen) atoms. The number of halogens is 1. The molecule has 4 N–H and O–H groups in total. The molecule has 9 heteroatoms. The Kier molecular flexibility index (Phi) is 6.60. The fourth-order valence-corrected chi connectivity index (χ4v) is 8.85. The van der Waals surface area contributed by atoms with Crippen LogP contribution in [0.2, 0.25) is 0 Å². The number of aliphatic hydroxyl groups excluding tert-OH is 1. The van der Waals surface area contributed by atoms with E-state index in [2.05, 4.69) is 18.8 Å². The van der Waals surface area contributed by atoms with E-state index in [1.165, 1.54) is 6.07 Å². The molecule has 2 bridgehead atoms. The first-order valence-electron chi connectivity index (χ1n) is 13.8. The average molecular weight is 527 g/mol. The Morgan fingerprint density at radius 2 is 2.03 bits per heavy atom. The van der Waals surface area contributed by atoms with Crippen molar-refractivity contribution in [1.29, 1.82) is 0 Å². The van der Waals surface area contributed by atoms with Gasteiger partial charge in [0.15, 0.2) is 0 Å². The molecule has 0 amide bonds. The summed E-state index contributed by atoms with van der Waals surface area (Å²) < 4.78 is 20.7. The molecule has 3 aliphatic carbocycles. The molecule has 0 saturated heterocycles. The average Bonchev–Trinajstić information content (AvgIpc) is 3.44. The van der Waals surface area contributed by atoms with Gasteiger partial charge in [0.25, 0.3) is 0 Å². The molecule has 206 valence electrons. The highest BCUT2D eigenvalue weighted by Crippen LogP contribution is 2.69. The van der Waals surface area contributed by atoms with Crippen LogP contribution in [0.1, 0.15) is 65.4 Å². The number of aliphatic carboxylic acids is 1. The fraction of sp³-hybridized carbons (Fsp3) is 0.655. The number of carbonyl (C=O) groups excluding carboxylic acids is 1. The molecule has 1 unspecified atom stereocenters. The summed E-state index contributed by atoms with van der Waals surface area (Å²) in [6.07, 6.45) is 3.91. The first-order valence-corrected chi connectivity index (χ1v) is 13.8. The summed E-state index contributed by atoms with van der Waals surface area (Å²) in [4.78, 5) is 26.7. The molecule has 0 spiro atoms. The van der Waals surface area contributed by atoms with Gasteiger partial charge in [0.2, 0.25) is 0 Å². The summed E-state index contributed by atoms with van der Waals surface area (Å²) in [5, 5.41) is 35.5. The minimum atomic E-state index is -1.41. The Morgan fingerprint density at radius 1 is 1.32 bits per heavy atom. The molecule has 3 fully saturated rings. The minimum Gasteiger partial charge on any atom is -0.480 e. The molecule has 7 nitrogen and oxygen atoms in total. The number of carboxylic acids is 1. The molecule has 1 heterocycles. The molecule has 1 aromatic carbocycles. The lowest BCUT2D eigenvalue weighted by Crippen LogP contribution is -2.63. The standard InChI is InChI=1S/C29H39BFNO6/c1-6-27(4)13-18(23(26(35)36)32-19-8-7-17-14-38-30(37)21(17)22(19)31)28(5)15(2)9-11-29(16(3)25(27)34)12-10-20(33)24(28)29/h6-8,15-16,18,23-25,32,34,37H,1,9-14H2,2-5H3,(H,35,36)/t15-,16+,18+,23?,24+,25+,27-,28-,29+/m1/s1. The van der Waals surface area contributed by atoms with Crippen molar-refractivity contribution in [1.82, 2.24) is 0 Å². The number of hydrogen-bond acceptors (Lipinski definition) is 6. The number of benzene rings is 1. The van der Waals surface area contributed by atoms with Gasteiger partial charge in [-0.1, -0.05) is 39.8 Å². The lowest BCUT2D eigenvalue weighted by molar-refractivity contribution is -0.181. The third-order valence-electron chi connectivity index (χ3n) is 11.3.